The number of hydrogen-bond acceptors (Lipinski definition) is 0. The van der Waals surface area contributed by atoms with Crippen molar-refractivity contribution in [3.05, 3.63) is 6.42 Å². The highest BCUT2D eigenvalue weighted by Gasteiger charge is 2.11. The van der Waals surface area contributed by atoms with Crippen LogP contribution < -0.4 is 0 Å². The van der Waals surface area contributed by atoms with Gasteiger partial charge in [-0.15, -0.1) is 0 Å². The minimum atomic E-state index is 0.831. The van der Waals surface area contributed by atoms with Gasteiger partial charge in [-0.05, 0) is 18.3 Å². The molecule has 1 radical (unpaired) electrons. The Balaban J connectivity index is 3.55. The molecule has 0 N–H and O–H groups in total. The highest BCUT2D eigenvalue weighted by atomic mass is 14.2. The lowest BCUT2D eigenvalue weighted by molar-refractivity contribution is 0.422. The van der Waals surface area contributed by atoms with Crippen molar-refractivity contribution < 1.29 is 0 Å². The molecule has 0 aliphatic carbocycles. The molecule has 0 aliphatic heterocycles. The summed E-state index contributed by atoms with van der Waals surface area (Å²) in [6.45, 7) is 9.37. The van der Waals surface area contributed by atoms with Crippen molar-refractivity contribution in [2.75, 3.05) is 0 Å². The van der Waals surface area contributed by atoms with Gasteiger partial charge >= 0.3 is 0 Å². The van der Waals surface area contributed by atoms with Crippen molar-refractivity contribution in [3.63, 3.8) is 0 Å². The van der Waals surface area contributed by atoms with E-state index in [1.807, 2.05) is 0 Å². The lowest BCUT2D eigenvalue weighted by Gasteiger charge is -2.19. The Morgan fingerprint density at radius 1 is 0.684 bits per heavy atom. The first-order chi connectivity index (χ1) is 9.24. The molecule has 0 aromatic heterocycles. The molecule has 0 saturated heterocycles. The van der Waals surface area contributed by atoms with Gasteiger partial charge in [0, 0.05) is 0 Å². The Bertz CT molecular complexity index is 161. The number of unbranched alkanes of at least 4 members (excludes halogenated alkanes) is 7. The van der Waals surface area contributed by atoms with E-state index in [4.69, 9.17) is 0 Å². The molecule has 0 nitrogen and oxygen atoms in total. The third kappa shape index (κ3) is 12.8. The maximum Gasteiger partial charge on any atom is -0.0327 e. The first kappa shape index (κ1) is 19.0. The Kier molecular flexibility index (Phi) is 14.4. The van der Waals surface area contributed by atoms with E-state index in [9.17, 15) is 0 Å². The second-order valence-corrected chi connectivity index (χ2v) is 6.39. The maximum atomic E-state index is 2.66. The van der Waals surface area contributed by atoms with E-state index in [1.165, 1.54) is 77.0 Å². The van der Waals surface area contributed by atoms with Crippen LogP contribution in [0.3, 0.4) is 0 Å². The van der Waals surface area contributed by atoms with E-state index in [1.54, 1.807) is 0 Å². The van der Waals surface area contributed by atoms with Crippen LogP contribution in [-0.2, 0) is 0 Å². The topological polar surface area (TPSA) is 0 Å². The molecule has 0 bridgehead atoms. The van der Waals surface area contributed by atoms with E-state index in [-0.39, 0.29) is 0 Å². The van der Waals surface area contributed by atoms with Crippen LogP contribution in [-0.4, -0.2) is 0 Å². The standard InChI is InChI=1S/C19H39/c1-5-8-10-12-14-16-19(7-3)17-18(4)15-13-11-9-6-2/h17-19H,5-16H2,1-4H3. The normalized spacial score (nSPS) is 14.5. The molecule has 0 aliphatic rings. The molecule has 115 valence electrons. The van der Waals surface area contributed by atoms with Crippen molar-refractivity contribution in [1.82, 2.24) is 0 Å². The lowest BCUT2D eigenvalue weighted by Crippen LogP contribution is -2.07. The van der Waals surface area contributed by atoms with Crippen LogP contribution in [0.2, 0.25) is 0 Å². The fourth-order valence-electron chi connectivity index (χ4n) is 2.90. The molecule has 0 amide bonds. The molecule has 19 heavy (non-hydrogen) atoms. The van der Waals surface area contributed by atoms with Gasteiger partial charge in [0.2, 0.25) is 0 Å². The number of rotatable bonds is 14. The summed E-state index contributed by atoms with van der Waals surface area (Å²) >= 11 is 0. The minimum absolute atomic E-state index is 0.831. The molecule has 2 atom stereocenters. The van der Waals surface area contributed by atoms with Crippen molar-refractivity contribution >= 4 is 0 Å². The lowest BCUT2D eigenvalue weighted by atomic mass is 9.87. The second-order valence-electron chi connectivity index (χ2n) is 6.39. The summed E-state index contributed by atoms with van der Waals surface area (Å²) in [5, 5.41) is 0. The molecule has 0 rings (SSSR count). The van der Waals surface area contributed by atoms with Gasteiger partial charge in [0.15, 0.2) is 0 Å². The smallest absolute Gasteiger partial charge is 0.0327 e. The van der Waals surface area contributed by atoms with E-state index in [2.05, 4.69) is 34.1 Å². The summed E-state index contributed by atoms with van der Waals surface area (Å²) in [7, 11) is 0. The van der Waals surface area contributed by atoms with Crippen LogP contribution >= 0.6 is 0 Å². The molecule has 0 fully saturated rings. The SMILES string of the molecule is CCCCCCCC([CH]C(C)CCCCCC)CC. The third-order valence-corrected chi connectivity index (χ3v) is 4.32. The van der Waals surface area contributed by atoms with Gasteiger partial charge in [-0.2, -0.15) is 0 Å². The van der Waals surface area contributed by atoms with Crippen molar-refractivity contribution in [2.45, 2.75) is 105 Å². The Morgan fingerprint density at radius 3 is 1.79 bits per heavy atom. The monoisotopic (exact) mass is 267 g/mol. The summed E-state index contributed by atoms with van der Waals surface area (Å²) in [6.07, 6.45) is 19.6. The van der Waals surface area contributed by atoms with Crippen molar-refractivity contribution in [2.24, 2.45) is 11.8 Å². The van der Waals surface area contributed by atoms with Crippen LogP contribution in [0.5, 0.6) is 0 Å². The average molecular weight is 268 g/mol. The maximum absolute atomic E-state index is 2.66. The van der Waals surface area contributed by atoms with E-state index < -0.39 is 0 Å². The summed E-state index contributed by atoms with van der Waals surface area (Å²) in [6, 6.07) is 0. The zero-order valence-corrected chi connectivity index (χ0v) is 14.2. The Labute approximate surface area is 123 Å². The van der Waals surface area contributed by atoms with Gasteiger partial charge in [-0.3, -0.25) is 0 Å². The zero-order chi connectivity index (χ0) is 14.3. The summed E-state index contributed by atoms with van der Waals surface area (Å²) in [4.78, 5) is 0. The van der Waals surface area contributed by atoms with Crippen LogP contribution in [0, 0.1) is 18.3 Å². The fourth-order valence-corrected chi connectivity index (χ4v) is 2.90. The summed E-state index contributed by atoms with van der Waals surface area (Å²) in [5.41, 5.74) is 0. The Morgan fingerprint density at radius 2 is 1.21 bits per heavy atom. The van der Waals surface area contributed by atoms with Gasteiger partial charge < -0.3 is 0 Å². The Hall–Kier alpha value is 0. The number of hydrogen-bond donors (Lipinski definition) is 0. The van der Waals surface area contributed by atoms with Crippen LogP contribution in [0.4, 0.5) is 0 Å². The van der Waals surface area contributed by atoms with E-state index >= 15 is 0 Å². The molecular formula is C19H39. The molecule has 2 unspecified atom stereocenters. The van der Waals surface area contributed by atoms with Gasteiger partial charge in [0.05, 0.1) is 0 Å². The highest BCUT2D eigenvalue weighted by Crippen LogP contribution is 2.24. The predicted octanol–water partition coefficient (Wildman–Crippen LogP) is 7.18. The molecule has 0 saturated carbocycles. The molecule has 0 aromatic rings. The van der Waals surface area contributed by atoms with Gasteiger partial charge in [0.1, 0.15) is 0 Å². The van der Waals surface area contributed by atoms with E-state index in [0.29, 0.717) is 0 Å². The van der Waals surface area contributed by atoms with Crippen LogP contribution in [0.25, 0.3) is 0 Å². The van der Waals surface area contributed by atoms with E-state index in [0.717, 1.165) is 11.8 Å². The van der Waals surface area contributed by atoms with Crippen LogP contribution in [0.1, 0.15) is 105 Å². The highest BCUT2D eigenvalue weighted by molar-refractivity contribution is 4.80. The zero-order valence-electron chi connectivity index (χ0n) is 14.2. The first-order valence-electron chi connectivity index (χ1n) is 9.09. The minimum Gasteiger partial charge on any atom is -0.0654 e. The molecular weight excluding hydrogens is 228 g/mol. The van der Waals surface area contributed by atoms with Gasteiger partial charge in [-0.1, -0.05) is 105 Å². The first-order valence-corrected chi connectivity index (χ1v) is 9.09. The van der Waals surface area contributed by atoms with Gasteiger partial charge in [-0.25, -0.2) is 0 Å². The third-order valence-electron chi connectivity index (χ3n) is 4.32. The summed E-state index contributed by atoms with van der Waals surface area (Å²) < 4.78 is 0. The quantitative estimate of drug-likeness (QED) is 0.292. The molecule has 0 heterocycles. The van der Waals surface area contributed by atoms with Crippen molar-refractivity contribution in [1.29, 1.82) is 0 Å². The molecule has 0 spiro atoms. The predicted molar refractivity (Wildman–Crippen MR) is 89.4 cm³/mol. The summed E-state index contributed by atoms with van der Waals surface area (Å²) in [5.74, 6) is 1.71. The largest absolute Gasteiger partial charge is 0.0654 e. The van der Waals surface area contributed by atoms with Gasteiger partial charge in [0.25, 0.3) is 0 Å². The molecule has 0 aromatic carbocycles. The second kappa shape index (κ2) is 14.4. The average Bonchev–Trinajstić information content (AvgIpc) is 2.42. The molecule has 0 heteroatoms. The van der Waals surface area contributed by atoms with Crippen LogP contribution in [0.15, 0.2) is 0 Å². The fraction of sp³-hybridized carbons (Fsp3) is 0.947. The van der Waals surface area contributed by atoms with Crippen molar-refractivity contribution in [3.8, 4) is 0 Å².